The molecule has 2 aromatic heterocycles. The maximum absolute atomic E-state index is 14.4. The van der Waals surface area contributed by atoms with E-state index in [0.29, 0.717) is 68.1 Å². The zero-order chi connectivity index (χ0) is 28.4. The summed E-state index contributed by atoms with van der Waals surface area (Å²) in [6.07, 6.45) is 3.94. The molecule has 3 N–H and O–H groups in total. The molecule has 1 spiro atoms. The second kappa shape index (κ2) is 9.93. The molecular weight excluding hydrogens is 545 g/mol. The molecule has 0 amide bonds. The molecule has 0 saturated carbocycles. The summed E-state index contributed by atoms with van der Waals surface area (Å²) in [6.45, 7) is 11.3. The van der Waals surface area contributed by atoms with E-state index >= 15 is 0 Å². The van der Waals surface area contributed by atoms with E-state index in [9.17, 15) is 14.8 Å². The number of aryl methyl sites for hydroxylation is 1. The molecule has 4 atom stereocenters. The van der Waals surface area contributed by atoms with E-state index in [1.807, 2.05) is 4.90 Å². The number of nitrogen functional groups attached to an aromatic ring is 1. The Balaban J connectivity index is 1.17. The van der Waals surface area contributed by atoms with Crippen LogP contribution < -0.4 is 20.3 Å². The zero-order valence-electron chi connectivity index (χ0n) is 22.9. The SMILES string of the molecule is [C-]#[N+]C1CCCN(c2nc(OC[C@@]34CCCN3C[C@H](F)C4)nc(N3CC4(CCc5sc(N)c(C#N)c54)C3)n2)CC1O. The number of thiophene rings is 1. The van der Waals surface area contributed by atoms with Crippen LogP contribution in [0.4, 0.5) is 21.3 Å². The summed E-state index contributed by atoms with van der Waals surface area (Å²) in [7, 11) is 0. The molecule has 2 unspecified atom stereocenters. The van der Waals surface area contributed by atoms with Crippen LogP contribution in [0.1, 0.15) is 54.5 Å². The first kappa shape index (κ1) is 26.6. The summed E-state index contributed by atoms with van der Waals surface area (Å²) in [5, 5.41) is 21.1. The van der Waals surface area contributed by atoms with E-state index in [-0.39, 0.29) is 23.5 Å². The van der Waals surface area contributed by atoms with Gasteiger partial charge in [-0.1, -0.05) is 0 Å². The Hall–Kier alpha value is -3.26. The number of alkyl halides is 1. The molecule has 2 aromatic rings. The number of fused-ring (bicyclic) bond motifs is 3. The molecular formula is C28H34FN9O2S. The van der Waals surface area contributed by atoms with Gasteiger partial charge in [0.25, 0.3) is 6.04 Å². The minimum Gasteiger partial charge on any atom is -0.461 e. The number of nitriles is 1. The van der Waals surface area contributed by atoms with Crippen molar-refractivity contribution in [3.8, 4) is 12.1 Å². The van der Waals surface area contributed by atoms with E-state index in [2.05, 4.69) is 25.7 Å². The summed E-state index contributed by atoms with van der Waals surface area (Å²) >= 11 is 1.52. The molecule has 6 heterocycles. The van der Waals surface area contributed by atoms with Crippen LogP contribution in [0, 0.1) is 17.9 Å². The van der Waals surface area contributed by atoms with Crippen LogP contribution in [-0.2, 0) is 11.8 Å². The lowest BCUT2D eigenvalue weighted by Crippen LogP contribution is -2.59. The van der Waals surface area contributed by atoms with Crippen molar-refractivity contribution in [2.75, 3.05) is 61.4 Å². The summed E-state index contributed by atoms with van der Waals surface area (Å²) in [4.78, 5) is 25.2. The molecule has 4 saturated heterocycles. The van der Waals surface area contributed by atoms with Gasteiger partial charge in [-0.2, -0.15) is 20.2 Å². The molecule has 216 valence electrons. The van der Waals surface area contributed by atoms with Crippen molar-refractivity contribution in [3.05, 3.63) is 27.4 Å². The third-order valence-corrected chi connectivity index (χ3v) is 10.9. The van der Waals surface area contributed by atoms with Crippen molar-refractivity contribution in [2.45, 2.75) is 74.2 Å². The summed E-state index contributed by atoms with van der Waals surface area (Å²) in [5.41, 5.74) is 7.39. The lowest BCUT2D eigenvalue weighted by atomic mass is 9.74. The number of hydrogen-bond acceptors (Lipinski definition) is 11. The fourth-order valence-electron chi connectivity index (χ4n) is 7.75. The van der Waals surface area contributed by atoms with Crippen LogP contribution in [0.3, 0.4) is 0 Å². The number of aliphatic hydroxyl groups is 1. The maximum atomic E-state index is 14.4. The van der Waals surface area contributed by atoms with Crippen LogP contribution in [0.15, 0.2) is 0 Å². The van der Waals surface area contributed by atoms with Gasteiger partial charge in [0.1, 0.15) is 30.0 Å². The number of nitrogens with zero attached hydrogens (tertiary/aromatic N) is 8. The zero-order valence-corrected chi connectivity index (χ0v) is 23.7. The fraction of sp³-hybridized carbons (Fsp3) is 0.679. The predicted octanol–water partition coefficient (Wildman–Crippen LogP) is 2.30. The van der Waals surface area contributed by atoms with E-state index in [1.165, 1.54) is 16.2 Å². The predicted molar refractivity (Wildman–Crippen MR) is 152 cm³/mol. The van der Waals surface area contributed by atoms with Gasteiger partial charge in [-0.25, -0.2) is 11.0 Å². The van der Waals surface area contributed by atoms with Gasteiger partial charge in [0.2, 0.25) is 11.9 Å². The first-order valence-electron chi connectivity index (χ1n) is 14.5. The molecule has 4 fully saturated rings. The van der Waals surface area contributed by atoms with Crippen molar-refractivity contribution < 1.29 is 14.2 Å². The molecule has 1 aliphatic carbocycles. The molecule has 5 aliphatic rings. The Labute approximate surface area is 242 Å². The third kappa shape index (κ3) is 4.37. The van der Waals surface area contributed by atoms with Crippen molar-refractivity contribution in [2.24, 2.45) is 0 Å². The number of anilines is 3. The third-order valence-electron chi connectivity index (χ3n) is 9.80. The van der Waals surface area contributed by atoms with E-state index < -0.39 is 18.3 Å². The Bertz CT molecular complexity index is 1430. The smallest absolute Gasteiger partial charge is 0.323 e. The summed E-state index contributed by atoms with van der Waals surface area (Å²) < 4.78 is 20.6. The van der Waals surface area contributed by atoms with Gasteiger partial charge < -0.3 is 30.2 Å². The second-order valence-corrected chi connectivity index (χ2v) is 13.5. The van der Waals surface area contributed by atoms with Crippen LogP contribution in [0.25, 0.3) is 4.85 Å². The van der Waals surface area contributed by atoms with Crippen LogP contribution >= 0.6 is 11.3 Å². The van der Waals surface area contributed by atoms with Crippen LogP contribution in [0.5, 0.6) is 6.01 Å². The quantitative estimate of drug-likeness (QED) is 0.509. The Morgan fingerprint density at radius 3 is 2.76 bits per heavy atom. The number of β-amino-alcohol motifs (C(OH)–C–C–N with tert-alkyl or cyclic N) is 1. The van der Waals surface area contributed by atoms with Gasteiger partial charge in [0, 0.05) is 49.3 Å². The van der Waals surface area contributed by atoms with Crippen molar-refractivity contribution in [3.63, 3.8) is 0 Å². The fourth-order valence-corrected chi connectivity index (χ4v) is 8.89. The number of rotatable bonds is 5. The molecule has 4 aliphatic heterocycles. The van der Waals surface area contributed by atoms with Gasteiger partial charge in [-0.05, 0) is 44.2 Å². The van der Waals surface area contributed by atoms with Gasteiger partial charge in [-0.15, -0.1) is 11.3 Å². The van der Waals surface area contributed by atoms with Gasteiger partial charge in [0.05, 0.1) is 17.6 Å². The standard InChI is InChI=1S/C28H34FN9O2S/c1-32-19-4-2-8-36(13-20(19)39)24-33-25(35-26(34-24)40-16-28-6-3-9-38(28)12-17(29)10-28)37-14-27(15-37)7-5-21-22(27)18(11-30)23(31)41-21/h17,19-20,39H,2-10,12-16,31H2/t17-,19?,20?,28+/m1/s1. The van der Waals surface area contributed by atoms with Gasteiger partial charge >= 0.3 is 6.01 Å². The Morgan fingerprint density at radius 1 is 1.17 bits per heavy atom. The van der Waals surface area contributed by atoms with Crippen LogP contribution in [-0.4, -0.2) is 94.7 Å². The molecule has 0 bridgehead atoms. The maximum Gasteiger partial charge on any atom is 0.323 e. The minimum atomic E-state index is -0.851. The van der Waals surface area contributed by atoms with E-state index in [1.54, 1.807) is 0 Å². The molecule has 41 heavy (non-hydrogen) atoms. The average Bonchev–Trinajstić information content (AvgIpc) is 3.62. The van der Waals surface area contributed by atoms with Gasteiger partial charge in [-0.3, -0.25) is 4.90 Å². The highest BCUT2D eigenvalue weighted by atomic mass is 32.1. The minimum absolute atomic E-state index is 0.146. The molecule has 11 nitrogen and oxygen atoms in total. The van der Waals surface area contributed by atoms with E-state index in [4.69, 9.17) is 27.0 Å². The Kier molecular flexibility index (Phi) is 6.45. The van der Waals surface area contributed by atoms with E-state index in [0.717, 1.165) is 44.2 Å². The Morgan fingerprint density at radius 2 is 1.98 bits per heavy atom. The monoisotopic (exact) mass is 579 g/mol. The second-order valence-electron chi connectivity index (χ2n) is 12.3. The number of aliphatic hydroxyl groups excluding tert-OH is 1. The highest BCUT2D eigenvalue weighted by Gasteiger charge is 2.52. The lowest BCUT2D eigenvalue weighted by Gasteiger charge is -2.48. The molecule has 0 radical (unpaired) electrons. The first-order chi connectivity index (χ1) is 19.8. The van der Waals surface area contributed by atoms with Crippen molar-refractivity contribution in [1.29, 1.82) is 5.26 Å². The number of halogens is 1. The number of ether oxygens (including phenoxy) is 1. The first-order valence-corrected chi connectivity index (χ1v) is 15.3. The molecule has 13 heteroatoms. The summed E-state index contributed by atoms with van der Waals surface area (Å²) in [5.74, 6) is 0.901. The van der Waals surface area contributed by atoms with Crippen molar-refractivity contribution in [1.82, 2.24) is 19.9 Å². The number of hydrogen-bond donors (Lipinski definition) is 2. The largest absolute Gasteiger partial charge is 0.461 e. The highest BCUT2D eigenvalue weighted by molar-refractivity contribution is 7.16. The number of aromatic nitrogens is 3. The van der Waals surface area contributed by atoms with Crippen molar-refractivity contribution >= 4 is 28.2 Å². The topological polar surface area (TPSA) is 132 Å². The van der Waals surface area contributed by atoms with Gasteiger partial charge in [0.15, 0.2) is 0 Å². The highest BCUT2D eigenvalue weighted by Crippen LogP contribution is 2.52. The normalized spacial score (nSPS) is 30.4. The molecule has 0 aromatic carbocycles. The van der Waals surface area contributed by atoms with Crippen LogP contribution in [0.2, 0.25) is 0 Å². The number of nitrogens with two attached hydrogens (primary N) is 1. The lowest BCUT2D eigenvalue weighted by molar-refractivity contribution is 0.107. The summed E-state index contributed by atoms with van der Waals surface area (Å²) in [6, 6.07) is 2.07. The molecule has 7 rings (SSSR count). The average molecular weight is 580 g/mol.